The summed E-state index contributed by atoms with van der Waals surface area (Å²) in [6.45, 7) is 0. The van der Waals surface area contributed by atoms with Crippen molar-refractivity contribution in [3.8, 4) is 42.5 Å². The lowest BCUT2D eigenvalue weighted by Crippen LogP contribution is -2.27. The highest BCUT2D eigenvalue weighted by Gasteiger charge is 2.43. The number of rotatable bonds is 2. The molecule has 7 nitrogen and oxygen atoms in total. The van der Waals surface area contributed by atoms with Crippen molar-refractivity contribution >= 4 is 11.1 Å². The lowest BCUT2D eigenvalue weighted by molar-refractivity contribution is -0.144. The summed E-state index contributed by atoms with van der Waals surface area (Å²) in [5.74, 6) is 0. The molecule has 0 unspecified atom stereocenters. The first-order valence-electron chi connectivity index (χ1n) is 12.5. The molecule has 50 heavy (non-hydrogen) atoms. The van der Waals surface area contributed by atoms with Crippen molar-refractivity contribution in [2.75, 3.05) is 0 Å². The standard InChI is InChI=1S/C31H5F12N7/c32-28(33,34)23-4-25(30(38,39)40)17(1-13(23)6-44)19(9-47)16-3-15(8-46)27(22(12-50)20(16)10-48)21(11-49)18-2-14(7-45)24(29(35,36)37)5-26(18)31(41,42)43/h1-5H/b19-16+,27-21-. The molecule has 0 aliphatic heterocycles. The van der Waals surface area contributed by atoms with E-state index in [0.717, 1.165) is 12.1 Å². The smallest absolute Gasteiger partial charge is 0.192 e. The van der Waals surface area contributed by atoms with Crippen LogP contribution in [0, 0.1) is 79.3 Å². The third-order valence-corrected chi connectivity index (χ3v) is 6.73. The van der Waals surface area contributed by atoms with Gasteiger partial charge < -0.3 is 0 Å². The third-order valence-electron chi connectivity index (χ3n) is 6.73. The molecular formula is C31H5F12N7. The van der Waals surface area contributed by atoms with Crippen LogP contribution in [0.2, 0.25) is 0 Å². The summed E-state index contributed by atoms with van der Waals surface area (Å²) in [7, 11) is 0. The second-order valence-corrected chi connectivity index (χ2v) is 9.51. The number of benzene rings is 3. The van der Waals surface area contributed by atoms with Crippen LogP contribution < -0.4 is 10.4 Å². The molecule has 3 aromatic carbocycles. The van der Waals surface area contributed by atoms with E-state index in [-0.39, 0.29) is 12.1 Å². The number of nitriles is 7. The number of alkyl halides is 12. The van der Waals surface area contributed by atoms with Crippen LogP contribution in [0.15, 0.2) is 30.3 Å². The lowest BCUT2D eigenvalue weighted by atomic mass is 9.87. The van der Waals surface area contributed by atoms with Crippen molar-refractivity contribution in [1.29, 1.82) is 36.8 Å². The predicted molar refractivity (Wildman–Crippen MR) is 138 cm³/mol. The molecule has 0 aromatic heterocycles. The molecule has 0 spiro atoms. The maximum Gasteiger partial charge on any atom is 0.417 e. The molecule has 0 atom stereocenters. The van der Waals surface area contributed by atoms with Crippen molar-refractivity contribution in [3.63, 3.8) is 0 Å². The van der Waals surface area contributed by atoms with Gasteiger partial charge in [-0.3, -0.25) is 0 Å². The number of hydrogen-bond acceptors (Lipinski definition) is 7. The highest BCUT2D eigenvalue weighted by atomic mass is 19.4. The maximum atomic E-state index is 14.1. The van der Waals surface area contributed by atoms with Crippen LogP contribution >= 0.6 is 0 Å². The van der Waals surface area contributed by atoms with Crippen molar-refractivity contribution < 1.29 is 52.7 Å². The molecule has 0 bridgehead atoms. The molecule has 3 rings (SSSR count). The number of halogens is 12. The Morgan fingerprint density at radius 3 is 1.06 bits per heavy atom. The van der Waals surface area contributed by atoms with E-state index in [0.29, 0.717) is 6.07 Å². The molecule has 0 fully saturated rings. The number of nitrogens with zero attached hydrogens (tertiary/aromatic N) is 7. The fourth-order valence-electron chi connectivity index (χ4n) is 4.71. The van der Waals surface area contributed by atoms with Crippen LogP contribution in [0.3, 0.4) is 0 Å². The zero-order chi connectivity index (χ0) is 38.1. The Balaban J connectivity index is 2.81. The molecule has 0 heterocycles. The second kappa shape index (κ2) is 12.9. The van der Waals surface area contributed by atoms with Crippen molar-refractivity contribution in [1.82, 2.24) is 0 Å². The zero-order valence-electron chi connectivity index (χ0n) is 23.6. The minimum Gasteiger partial charge on any atom is -0.192 e. The fraction of sp³-hybridized carbons (Fsp3) is 0.129. The Kier molecular flexibility index (Phi) is 9.65. The molecule has 0 saturated heterocycles. The van der Waals surface area contributed by atoms with Gasteiger partial charge in [0.25, 0.3) is 0 Å². The van der Waals surface area contributed by atoms with Gasteiger partial charge in [0, 0.05) is 21.6 Å². The summed E-state index contributed by atoms with van der Waals surface area (Å²) < 4.78 is 166. The first kappa shape index (κ1) is 37.4. The first-order chi connectivity index (χ1) is 23.0. The van der Waals surface area contributed by atoms with Gasteiger partial charge in [0.1, 0.15) is 24.3 Å². The van der Waals surface area contributed by atoms with Gasteiger partial charge in [0.05, 0.1) is 79.4 Å². The predicted octanol–water partition coefficient (Wildman–Crippen LogP) is 6.57. The molecule has 19 heteroatoms. The van der Waals surface area contributed by atoms with E-state index < -0.39 is 120 Å². The van der Waals surface area contributed by atoms with E-state index in [4.69, 9.17) is 0 Å². The van der Waals surface area contributed by atoms with Gasteiger partial charge in [0.15, 0.2) is 0 Å². The van der Waals surface area contributed by atoms with E-state index in [2.05, 4.69) is 0 Å². The van der Waals surface area contributed by atoms with E-state index in [9.17, 15) is 89.5 Å². The van der Waals surface area contributed by atoms with Crippen LogP contribution in [-0.4, -0.2) is 0 Å². The van der Waals surface area contributed by atoms with Crippen LogP contribution in [0.4, 0.5) is 52.7 Å². The van der Waals surface area contributed by atoms with E-state index >= 15 is 0 Å². The van der Waals surface area contributed by atoms with E-state index in [1.807, 2.05) is 0 Å². The molecule has 248 valence electrons. The van der Waals surface area contributed by atoms with E-state index in [1.165, 1.54) is 30.3 Å². The topological polar surface area (TPSA) is 167 Å². The molecule has 0 radical (unpaired) electrons. The minimum atomic E-state index is -5.71. The average molecular weight is 703 g/mol. The fourth-order valence-corrected chi connectivity index (χ4v) is 4.71. The van der Waals surface area contributed by atoms with E-state index in [1.54, 1.807) is 0 Å². The Bertz CT molecular complexity index is 2400. The Morgan fingerprint density at radius 1 is 0.400 bits per heavy atom. The van der Waals surface area contributed by atoms with Crippen molar-refractivity contribution in [2.24, 2.45) is 0 Å². The maximum absolute atomic E-state index is 14.1. The summed E-state index contributed by atoms with van der Waals surface area (Å²) in [6, 6.07) is 7.42. The molecule has 0 aliphatic carbocycles. The average Bonchev–Trinajstić information content (AvgIpc) is 3.02. The highest BCUT2D eigenvalue weighted by Crippen LogP contribution is 2.42. The van der Waals surface area contributed by atoms with Crippen molar-refractivity contribution in [2.45, 2.75) is 24.7 Å². The normalized spacial score (nSPS) is 12.9. The summed E-state index contributed by atoms with van der Waals surface area (Å²) in [6.07, 6.45) is -22.5. The SMILES string of the molecule is N#C/C(c1cc(C#N)c(C(F)(F)F)cc1C(F)(F)F)=c1/cc(C#N)/c(=C(\C#N)c2cc(C#N)c(C(F)(F)F)cc2C(F)(F)F)c(C#N)c1C#N. The minimum absolute atomic E-state index is 0.00851. The summed E-state index contributed by atoms with van der Waals surface area (Å²) in [4.78, 5) is 0. The lowest BCUT2D eigenvalue weighted by Gasteiger charge is -2.18. The third kappa shape index (κ3) is 6.69. The quantitative estimate of drug-likeness (QED) is 0.272. The largest absolute Gasteiger partial charge is 0.417 e. The Morgan fingerprint density at radius 2 is 0.760 bits per heavy atom. The molecule has 0 N–H and O–H groups in total. The first-order valence-corrected chi connectivity index (χ1v) is 12.5. The Labute approximate surface area is 270 Å². The van der Waals surface area contributed by atoms with Gasteiger partial charge in [-0.15, -0.1) is 0 Å². The highest BCUT2D eigenvalue weighted by molar-refractivity contribution is 5.85. The molecular weight excluding hydrogens is 698 g/mol. The molecule has 0 amide bonds. The zero-order valence-corrected chi connectivity index (χ0v) is 23.6. The van der Waals surface area contributed by atoms with Gasteiger partial charge in [-0.25, -0.2) is 0 Å². The summed E-state index contributed by atoms with van der Waals surface area (Å²) >= 11 is 0. The van der Waals surface area contributed by atoms with Gasteiger partial charge in [-0.1, -0.05) is 0 Å². The molecule has 0 saturated carbocycles. The van der Waals surface area contributed by atoms with Crippen LogP contribution in [0.1, 0.15) is 61.2 Å². The van der Waals surface area contributed by atoms with Crippen molar-refractivity contribution in [3.05, 3.63) is 102 Å². The van der Waals surface area contributed by atoms with Crippen LogP contribution in [0.5, 0.6) is 0 Å². The van der Waals surface area contributed by atoms with Gasteiger partial charge in [-0.05, 0) is 30.3 Å². The van der Waals surface area contributed by atoms with Gasteiger partial charge in [0.2, 0.25) is 0 Å². The van der Waals surface area contributed by atoms with Gasteiger partial charge >= 0.3 is 24.7 Å². The van der Waals surface area contributed by atoms with Crippen LogP contribution in [0.25, 0.3) is 11.1 Å². The van der Waals surface area contributed by atoms with Crippen LogP contribution in [-0.2, 0) is 24.7 Å². The number of hydrogen-bond donors (Lipinski definition) is 0. The molecule has 3 aromatic rings. The summed E-state index contributed by atoms with van der Waals surface area (Å²) in [5.41, 5.74) is -20.9. The Hall–Kier alpha value is -7.01. The molecule has 0 aliphatic rings. The van der Waals surface area contributed by atoms with Gasteiger partial charge in [-0.2, -0.15) is 89.5 Å². The monoisotopic (exact) mass is 703 g/mol. The second-order valence-electron chi connectivity index (χ2n) is 9.51. The summed E-state index contributed by atoms with van der Waals surface area (Å²) in [5, 5.41) is 65.8.